The minimum absolute atomic E-state index is 0.282. The Balaban J connectivity index is 1.63. The van der Waals surface area contributed by atoms with Crippen molar-refractivity contribution >= 4 is 33.5 Å². The lowest BCUT2D eigenvalue weighted by Crippen LogP contribution is -2.50. The Kier molecular flexibility index (Phi) is 5.33. The van der Waals surface area contributed by atoms with Gasteiger partial charge in [0.1, 0.15) is 6.61 Å². The maximum atomic E-state index is 12.5. The van der Waals surface area contributed by atoms with Crippen molar-refractivity contribution < 1.29 is 22.7 Å². The van der Waals surface area contributed by atoms with Crippen LogP contribution in [0.4, 0.5) is 21.0 Å². The largest absolute Gasteiger partial charge is 0.447 e. The maximum absolute atomic E-state index is 12.5. The third-order valence-corrected chi connectivity index (χ3v) is 5.02. The van der Waals surface area contributed by atoms with Gasteiger partial charge < -0.3 is 15.0 Å². The molecular formula is C16H22N4O5S. The molecule has 3 amide bonds. The highest BCUT2D eigenvalue weighted by molar-refractivity contribution is 7.88. The van der Waals surface area contributed by atoms with Crippen molar-refractivity contribution in [3.63, 3.8) is 0 Å². The molecule has 2 aliphatic rings. The lowest BCUT2D eigenvalue weighted by Gasteiger charge is -2.32. The fraction of sp³-hybridized carbons (Fsp3) is 0.500. The second-order valence-corrected chi connectivity index (χ2v) is 8.20. The first-order valence-electron chi connectivity index (χ1n) is 8.39. The SMILES string of the molecule is CS(=O)(=O)N[C@H]1CCCN(C(=O)Nc2cccc(N3CCOC3=O)c2)C1. The van der Waals surface area contributed by atoms with Crippen molar-refractivity contribution in [3.8, 4) is 0 Å². The van der Waals surface area contributed by atoms with Gasteiger partial charge in [-0.3, -0.25) is 4.90 Å². The zero-order valence-corrected chi connectivity index (χ0v) is 15.3. The second-order valence-electron chi connectivity index (χ2n) is 6.42. The van der Waals surface area contributed by atoms with Gasteiger partial charge >= 0.3 is 12.1 Å². The number of benzene rings is 1. The minimum atomic E-state index is -3.31. The molecule has 1 aromatic carbocycles. The summed E-state index contributed by atoms with van der Waals surface area (Å²) in [7, 11) is -3.31. The van der Waals surface area contributed by atoms with Gasteiger partial charge in [-0.05, 0) is 31.0 Å². The number of cyclic esters (lactones) is 1. The third-order valence-electron chi connectivity index (χ3n) is 4.26. The van der Waals surface area contributed by atoms with E-state index in [-0.39, 0.29) is 12.1 Å². The second kappa shape index (κ2) is 7.50. The lowest BCUT2D eigenvalue weighted by molar-refractivity contribution is 0.181. The minimum Gasteiger partial charge on any atom is -0.447 e. The Morgan fingerprint density at radius 3 is 2.81 bits per heavy atom. The smallest absolute Gasteiger partial charge is 0.414 e. The summed E-state index contributed by atoms with van der Waals surface area (Å²) in [5, 5.41) is 2.80. The van der Waals surface area contributed by atoms with E-state index in [0.29, 0.717) is 44.0 Å². The zero-order chi connectivity index (χ0) is 18.7. The summed E-state index contributed by atoms with van der Waals surface area (Å²) in [4.78, 5) is 27.3. The number of nitrogens with zero attached hydrogens (tertiary/aromatic N) is 2. The number of urea groups is 1. The van der Waals surface area contributed by atoms with E-state index in [1.54, 1.807) is 29.2 Å². The first-order chi connectivity index (χ1) is 12.3. The molecule has 0 radical (unpaired) electrons. The van der Waals surface area contributed by atoms with Crippen LogP contribution in [-0.2, 0) is 14.8 Å². The van der Waals surface area contributed by atoms with Crippen LogP contribution in [0.5, 0.6) is 0 Å². The van der Waals surface area contributed by atoms with Gasteiger partial charge in [0.05, 0.1) is 12.8 Å². The van der Waals surface area contributed by atoms with Crippen LogP contribution in [0.15, 0.2) is 24.3 Å². The molecule has 10 heteroatoms. The maximum Gasteiger partial charge on any atom is 0.414 e. The van der Waals surface area contributed by atoms with Crippen molar-refractivity contribution in [1.82, 2.24) is 9.62 Å². The number of rotatable bonds is 4. The van der Waals surface area contributed by atoms with Crippen LogP contribution in [0, 0.1) is 0 Å². The molecule has 1 atom stereocenters. The van der Waals surface area contributed by atoms with E-state index in [0.717, 1.165) is 12.7 Å². The first-order valence-corrected chi connectivity index (χ1v) is 10.3. The number of ether oxygens (including phenoxy) is 1. The van der Waals surface area contributed by atoms with Crippen LogP contribution in [0.3, 0.4) is 0 Å². The third kappa shape index (κ3) is 4.64. The molecule has 0 saturated carbocycles. The average Bonchev–Trinajstić information content (AvgIpc) is 3.00. The Hall–Kier alpha value is -2.33. The average molecular weight is 382 g/mol. The Labute approximate surface area is 152 Å². The normalized spacial score (nSPS) is 20.8. The number of carbonyl (C=O) groups excluding carboxylic acids is 2. The molecule has 2 heterocycles. The monoisotopic (exact) mass is 382 g/mol. The molecule has 0 aliphatic carbocycles. The first kappa shape index (κ1) is 18.5. The molecule has 9 nitrogen and oxygen atoms in total. The van der Waals surface area contributed by atoms with Gasteiger partial charge in [0.25, 0.3) is 0 Å². The van der Waals surface area contributed by atoms with Gasteiger partial charge in [-0.1, -0.05) is 6.07 Å². The van der Waals surface area contributed by atoms with E-state index in [2.05, 4.69) is 10.0 Å². The van der Waals surface area contributed by atoms with Gasteiger partial charge in [0, 0.05) is 30.5 Å². The molecular weight excluding hydrogens is 360 g/mol. The number of likely N-dealkylation sites (tertiary alicyclic amines) is 1. The molecule has 2 N–H and O–H groups in total. The van der Waals surface area contributed by atoms with Gasteiger partial charge in [0.2, 0.25) is 10.0 Å². The quantitative estimate of drug-likeness (QED) is 0.813. The standard InChI is InChI=1S/C16H22N4O5S/c1-26(23,24)18-13-5-3-7-19(11-13)15(21)17-12-4-2-6-14(10-12)20-8-9-25-16(20)22/h2,4,6,10,13,18H,3,5,7-9,11H2,1H3,(H,17,21)/t13-/m0/s1. The number of nitrogens with one attached hydrogen (secondary N) is 2. The highest BCUT2D eigenvalue weighted by Gasteiger charge is 2.26. The van der Waals surface area contributed by atoms with Crippen LogP contribution < -0.4 is 14.9 Å². The van der Waals surface area contributed by atoms with E-state index in [1.807, 2.05) is 0 Å². The van der Waals surface area contributed by atoms with Crippen molar-refractivity contribution in [1.29, 1.82) is 0 Å². The van der Waals surface area contributed by atoms with E-state index in [4.69, 9.17) is 4.74 Å². The van der Waals surface area contributed by atoms with Gasteiger partial charge in [-0.15, -0.1) is 0 Å². The van der Waals surface area contributed by atoms with Crippen LogP contribution >= 0.6 is 0 Å². The molecule has 1 aromatic rings. The number of piperidine rings is 1. The molecule has 26 heavy (non-hydrogen) atoms. The van der Waals surface area contributed by atoms with Crippen molar-refractivity contribution in [2.75, 3.05) is 42.7 Å². The Bertz CT molecular complexity index is 798. The molecule has 142 valence electrons. The summed E-state index contributed by atoms with van der Waals surface area (Å²) >= 11 is 0. The molecule has 0 bridgehead atoms. The molecule has 0 unspecified atom stereocenters. The highest BCUT2D eigenvalue weighted by Crippen LogP contribution is 2.23. The molecule has 2 aliphatic heterocycles. The van der Waals surface area contributed by atoms with E-state index >= 15 is 0 Å². The van der Waals surface area contributed by atoms with E-state index in [9.17, 15) is 18.0 Å². The lowest BCUT2D eigenvalue weighted by atomic mass is 10.1. The number of carbonyl (C=O) groups is 2. The predicted octanol–water partition coefficient (Wildman–Crippen LogP) is 1.19. The summed E-state index contributed by atoms with van der Waals surface area (Å²) in [6.07, 6.45) is 2.13. The fourth-order valence-corrected chi connectivity index (χ4v) is 3.94. The van der Waals surface area contributed by atoms with E-state index < -0.39 is 16.1 Å². The number of anilines is 2. The van der Waals surface area contributed by atoms with Crippen LogP contribution in [0.25, 0.3) is 0 Å². The summed E-state index contributed by atoms with van der Waals surface area (Å²) in [6.45, 7) is 1.70. The molecule has 2 saturated heterocycles. The summed E-state index contributed by atoms with van der Waals surface area (Å²) in [5.74, 6) is 0. The molecule has 0 aromatic heterocycles. The zero-order valence-electron chi connectivity index (χ0n) is 14.5. The molecule has 2 fully saturated rings. The summed E-state index contributed by atoms with van der Waals surface area (Å²) in [5.41, 5.74) is 1.21. The molecule has 0 spiro atoms. The number of amides is 3. The van der Waals surface area contributed by atoms with Gasteiger partial charge in [-0.2, -0.15) is 0 Å². The summed E-state index contributed by atoms with van der Waals surface area (Å²) < 4.78 is 30.2. The van der Waals surface area contributed by atoms with Gasteiger partial charge in [-0.25, -0.2) is 22.7 Å². The fourth-order valence-electron chi connectivity index (χ4n) is 3.14. The van der Waals surface area contributed by atoms with Crippen molar-refractivity contribution in [2.45, 2.75) is 18.9 Å². The summed E-state index contributed by atoms with van der Waals surface area (Å²) in [6, 6.07) is 6.39. The Morgan fingerprint density at radius 2 is 2.12 bits per heavy atom. The predicted molar refractivity (Wildman–Crippen MR) is 96.7 cm³/mol. The highest BCUT2D eigenvalue weighted by atomic mass is 32.2. The van der Waals surface area contributed by atoms with Crippen molar-refractivity contribution in [2.24, 2.45) is 0 Å². The van der Waals surface area contributed by atoms with E-state index in [1.165, 1.54) is 4.90 Å². The number of hydrogen-bond acceptors (Lipinski definition) is 5. The number of hydrogen-bond donors (Lipinski definition) is 2. The van der Waals surface area contributed by atoms with Gasteiger partial charge in [0.15, 0.2) is 0 Å². The Morgan fingerprint density at radius 1 is 1.31 bits per heavy atom. The molecule has 3 rings (SSSR count). The van der Waals surface area contributed by atoms with Crippen LogP contribution in [0.2, 0.25) is 0 Å². The van der Waals surface area contributed by atoms with Crippen LogP contribution in [0.1, 0.15) is 12.8 Å². The van der Waals surface area contributed by atoms with Crippen LogP contribution in [-0.4, -0.2) is 64.0 Å². The topological polar surface area (TPSA) is 108 Å². The van der Waals surface area contributed by atoms with Crippen molar-refractivity contribution in [3.05, 3.63) is 24.3 Å². The number of sulfonamides is 1.